The lowest BCUT2D eigenvalue weighted by atomic mass is 10.1. The number of benzene rings is 1. The van der Waals surface area contributed by atoms with Gasteiger partial charge in [-0.25, -0.2) is 4.79 Å². The fourth-order valence-electron chi connectivity index (χ4n) is 2.17. The van der Waals surface area contributed by atoms with Crippen molar-refractivity contribution in [3.8, 4) is 0 Å². The SMILES string of the molecule is Nc1cc(Cl)cc(C(=O)N2C[C@@H](O)C[C@H]2C(=O)O)c1. The number of aliphatic hydroxyl groups excluding tert-OH is 1. The molecule has 1 aromatic rings. The molecule has 0 unspecified atom stereocenters. The first kappa shape index (κ1) is 13.6. The summed E-state index contributed by atoms with van der Waals surface area (Å²) in [6.45, 7) is -0.0117. The number of carboxylic acids is 1. The molecule has 0 saturated carbocycles. The number of likely N-dealkylation sites (tertiary alicyclic amines) is 1. The zero-order chi connectivity index (χ0) is 14.2. The monoisotopic (exact) mass is 284 g/mol. The number of nitrogens with zero attached hydrogens (tertiary/aromatic N) is 1. The highest BCUT2D eigenvalue weighted by molar-refractivity contribution is 6.31. The van der Waals surface area contributed by atoms with E-state index in [1.807, 2.05) is 0 Å². The minimum absolute atomic E-state index is 0.0117. The predicted octanol–water partition coefficient (Wildman–Crippen LogP) is 0.582. The molecule has 0 aromatic heterocycles. The Hall–Kier alpha value is -1.79. The van der Waals surface area contributed by atoms with Crippen molar-refractivity contribution in [2.45, 2.75) is 18.6 Å². The minimum Gasteiger partial charge on any atom is -0.480 e. The molecule has 7 heteroatoms. The Labute approximate surface area is 114 Å². The summed E-state index contributed by atoms with van der Waals surface area (Å²) < 4.78 is 0. The van der Waals surface area contributed by atoms with Crippen LogP contribution in [0.25, 0.3) is 0 Å². The number of carboxylic acid groups (broad SMARTS) is 1. The maximum atomic E-state index is 12.2. The van der Waals surface area contributed by atoms with Gasteiger partial charge in [-0.3, -0.25) is 4.79 Å². The van der Waals surface area contributed by atoms with Gasteiger partial charge in [-0.1, -0.05) is 11.6 Å². The van der Waals surface area contributed by atoms with Crippen molar-refractivity contribution in [1.82, 2.24) is 4.90 Å². The summed E-state index contributed by atoms with van der Waals surface area (Å²) >= 11 is 5.81. The van der Waals surface area contributed by atoms with Gasteiger partial charge in [0.05, 0.1) is 6.10 Å². The van der Waals surface area contributed by atoms with Gasteiger partial charge in [-0.2, -0.15) is 0 Å². The Balaban J connectivity index is 2.30. The van der Waals surface area contributed by atoms with Crippen molar-refractivity contribution in [3.05, 3.63) is 28.8 Å². The Kier molecular flexibility index (Phi) is 3.64. The van der Waals surface area contributed by atoms with Crippen molar-refractivity contribution >= 4 is 29.2 Å². The number of anilines is 1. The molecule has 19 heavy (non-hydrogen) atoms. The molecule has 0 spiro atoms. The van der Waals surface area contributed by atoms with E-state index in [0.29, 0.717) is 10.7 Å². The number of aliphatic carboxylic acids is 1. The Morgan fingerprint density at radius 3 is 2.63 bits per heavy atom. The molecule has 2 atom stereocenters. The van der Waals surface area contributed by atoms with E-state index >= 15 is 0 Å². The Bertz CT molecular complexity index is 514. The van der Waals surface area contributed by atoms with Crippen LogP contribution in [0, 0.1) is 0 Å². The maximum absolute atomic E-state index is 12.2. The topological polar surface area (TPSA) is 104 Å². The maximum Gasteiger partial charge on any atom is 0.326 e. The Morgan fingerprint density at radius 1 is 1.37 bits per heavy atom. The van der Waals surface area contributed by atoms with Crippen molar-refractivity contribution < 1.29 is 19.8 Å². The molecule has 1 saturated heterocycles. The number of β-amino-alcohol motifs (C(OH)–C–C–N with tert-alkyl or cyclic N) is 1. The molecule has 1 aliphatic heterocycles. The fraction of sp³-hybridized carbons (Fsp3) is 0.333. The van der Waals surface area contributed by atoms with Gasteiger partial charge in [-0.15, -0.1) is 0 Å². The second-order valence-electron chi connectivity index (χ2n) is 4.47. The molecule has 2 rings (SSSR count). The van der Waals surface area contributed by atoms with Crippen molar-refractivity contribution in [2.24, 2.45) is 0 Å². The molecule has 1 heterocycles. The summed E-state index contributed by atoms with van der Waals surface area (Å²) in [5, 5.41) is 18.9. The van der Waals surface area contributed by atoms with E-state index in [9.17, 15) is 14.7 Å². The highest BCUT2D eigenvalue weighted by Crippen LogP contribution is 2.23. The molecule has 6 nitrogen and oxygen atoms in total. The van der Waals surface area contributed by atoms with Crippen LogP contribution in [0.1, 0.15) is 16.8 Å². The fourth-order valence-corrected chi connectivity index (χ4v) is 2.42. The van der Waals surface area contributed by atoms with Gasteiger partial charge in [0.25, 0.3) is 5.91 Å². The summed E-state index contributed by atoms with van der Waals surface area (Å²) in [6, 6.07) is 3.32. The van der Waals surface area contributed by atoms with Crippen LogP contribution >= 0.6 is 11.6 Å². The van der Waals surface area contributed by atoms with Crippen molar-refractivity contribution in [2.75, 3.05) is 12.3 Å². The molecular formula is C12H13ClN2O4. The van der Waals surface area contributed by atoms with E-state index in [-0.39, 0.29) is 18.5 Å². The van der Waals surface area contributed by atoms with Gasteiger partial charge in [0.1, 0.15) is 6.04 Å². The first-order valence-electron chi connectivity index (χ1n) is 5.66. The molecule has 1 aliphatic rings. The van der Waals surface area contributed by atoms with Crippen LogP contribution in [0.4, 0.5) is 5.69 Å². The number of carbonyl (C=O) groups is 2. The van der Waals surface area contributed by atoms with Crippen LogP contribution in [0.5, 0.6) is 0 Å². The smallest absolute Gasteiger partial charge is 0.326 e. The summed E-state index contributed by atoms with van der Waals surface area (Å²) in [6.07, 6.45) is -0.807. The summed E-state index contributed by atoms with van der Waals surface area (Å²) in [7, 11) is 0. The lowest BCUT2D eigenvalue weighted by Gasteiger charge is -2.21. The van der Waals surface area contributed by atoms with E-state index in [0.717, 1.165) is 4.90 Å². The minimum atomic E-state index is -1.14. The highest BCUT2D eigenvalue weighted by atomic mass is 35.5. The number of nitrogen functional groups attached to an aromatic ring is 1. The van der Waals surface area contributed by atoms with Crippen LogP contribution in [-0.4, -0.2) is 45.7 Å². The number of rotatable bonds is 2. The van der Waals surface area contributed by atoms with Gasteiger partial charge < -0.3 is 20.8 Å². The lowest BCUT2D eigenvalue weighted by molar-refractivity contribution is -0.141. The van der Waals surface area contributed by atoms with Gasteiger partial charge >= 0.3 is 5.97 Å². The quantitative estimate of drug-likeness (QED) is 0.689. The largest absolute Gasteiger partial charge is 0.480 e. The van der Waals surface area contributed by atoms with E-state index < -0.39 is 24.0 Å². The molecule has 1 aromatic carbocycles. The van der Waals surface area contributed by atoms with E-state index in [1.54, 1.807) is 0 Å². The molecule has 1 amide bonds. The van der Waals surface area contributed by atoms with Crippen LogP contribution in [0.3, 0.4) is 0 Å². The number of hydrogen-bond acceptors (Lipinski definition) is 4. The number of aliphatic hydroxyl groups is 1. The molecule has 0 radical (unpaired) electrons. The zero-order valence-corrected chi connectivity index (χ0v) is 10.7. The van der Waals surface area contributed by atoms with Crippen LogP contribution < -0.4 is 5.73 Å². The first-order chi connectivity index (χ1) is 8.88. The third-order valence-electron chi connectivity index (χ3n) is 2.99. The molecule has 0 bridgehead atoms. The van der Waals surface area contributed by atoms with Gasteiger partial charge in [0, 0.05) is 29.2 Å². The average Bonchev–Trinajstić information content (AvgIpc) is 2.69. The summed E-state index contributed by atoms with van der Waals surface area (Å²) in [5.74, 6) is -1.64. The zero-order valence-electron chi connectivity index (χ0n) is 9.91. The third-order valence-corrected chi connectivity index (χ3v) is 3.21. The van der Waals surface area contributed by atoms with E-state index in [1.165, 1.54) is 18.2 Å². The molecule has 0 aliphatic carbocycles. The van der Waals surface area contributed by atoms with Crippen LogP contribution in [0.2, 0.25) is 5.02 Å². The number of nitrogens with two attached hydrogens (primary N) is 1. The standard InChI is InChI=1S/C12H13ClN2O4/c13-7-1-6(2-8(14)3-7)11(17)15-5-9(16)4-10(15)12(18)19/h1-3,9-10,16H,4-5,14H2,(H,18,19)/t9-,10-/m0/s1. The molecule has 102 valence electrons. The van der Waals surface area contributed by atoms with Crippen LogP contribution in [0.15, 0.2) is 18.2 Å². The molecule has 4 N–H and O–H groups in total. The van der Waals surface area contributed by atoms with E-state index in [4.69, 9.17) is 22.4 Å². The van der Waals surface area contributed by atoms with Gasteiger partial charge in [-0.05, 0) is 18.2 Å². The average molecular weight is 285 g/mol. The first-order valence-corrected chi connectivity index (χ1v) is 6.04. The normalized spacial score (nSPS) is 22.5. The van der Waals surface area contributed by atoms with Crippen LogP contribution in [-0.2, 0) is 4.79 Å². The molecule has 1 fully saturated rings. The summed E-state index contributed by atoms with van der Waals surface area (Å²) in [4.78, 5) is 24.4. The number of hydrogen-bond donors (Lipinski definition) is 3. The van der Waals surface area contributed by atoms with Crippen molar-refractivity contribution in [3.63, 3.8) is 0 Å². The van der Waals surface area contributed by atoms with Gasteiger partial charge in [0.15, 0.2) is 0 Å². The number of amides is 1. The Morgan fingerprint density at radius 2 is 2.05 bits per heavy atom. The van der Waals surface area contributed by atoms with E-state index in [2.05, 4.69) is 0 Å². The summed E-state index contributed by atoms with van der Waals surface area (Å²) in [5.41, 5.74) is 6.13. The third kappa shape index (κ3) is 2.80. The molecular weight excluding hydrogens is 272 g/mol. The highest BCUT2D eigenvalue weighted by Gasteiger charge is 2.39. The van der Waals surface area contributed by atoms with Gasteiger partial charge in [0.2, 0.25) is 0 Å². The number of halogens is 1. The van der Waals surface area contributed by atoms with Crippen molar-refractivity contribution in [1.29, 1.82) is 0 Å². The lowest BCUT2D eigenvalue weighted by Crippen LogP contribution is -2.40. The predicted molar refractivity (Wildman–Crippen MR) is 68.9 cm³/mol. The second kappa shape index (κ2) is 5.07. The second-order valence-corrected chi connectivity index (χ2v) is 4.91. The number of carbonyl (C=O) groups excluding carboxylic acids is 1.